The van der Waals surface area contributed by atoms with Crippen LogP contribution in [-0.4, -0.2) is 0 Å². The summed E-state index contributed by atoms with van der Waals surface area (Å²) in [7, 11) is 0. The summed E-state index contributed by atoms with van der Waals surface area (Å²) in [4.78, 5) is 0. The van der Waals surface area contributed by atoms with Crippen molar-refractivity contribution < 1.29 is 0 Å². The molecule has 110 valence electrons. The fourth-order valence-corrected chi connectivity index (χ4v) is 4.18. The van der Waals surface area contributed by atoms with Crippen molar-refractivity contribution in [1.82, 2.24) is 0 Å². The van der Waals surface area contributed by atoms with Crippen molar-refractivity contribution in [3.8, 4) is 0 Å². The van der Waals surface area contributed by atoms with Gasteiger partial charge in [-0.25, -0.2) is 0 Å². The highest BCUT2D eigenvalue weighted by atomic mass is 14.3. The summed E-state index contributed by atoms with van der Waals surface area (Å²) in [5.41, 5.74) is 0. The summed E-state index contributed by atoms with van der Waals surface area (Å²) < 4.78 is 0. The molecule has 2 aliphatic carbocycles. The highest BCUT2D eigenvalue weighted by Crippen LogP contribution is 2.41. The fourth-order valence-electron chi connectivity index (χ4n) is 4.18. The topological polar surface area (TPSA) is 0 Å². The summed E-state index contributed by atoms with van der Waals surface area (Å²) in [6.45, 7) is 4.72. The summed E-state index contributed by atoms with van der Waals surface area (Å²) >= 11 is 0. The lowest BCUT2D eigenvalue weighted by Crippen LogP contribution is -2.24. The van der Waals surface area contributed by atoms with Crippen molar-refractivity contribution in [2.24, 2.45) is 23.7 Å². The molecule has 0 saturated heterocycles. The van der Waals surface area contributed by atoms with Gasteiger partial charge in [-0.1, -0.05) is 51.7 Å². The molecule has 0 N–H and O–H groups in total. The lowest BCUT2D eigenvalue weighted by atomic mass is 9.69. The lowest BCUT2D eigenvalue weighted by Gasteiger charge is -2.36. The second-order valence-electron chi connectivity index (χ2n) is 7.27. The molecule has 2 fully saturated rings. The van der Waals surface area contributed by atoms with Crippen LogP contribution in [0.5, 0.6) is 0 Å². The second kappa shape index (κ2) is 8.12. The van der Waals surface area contributed by atoms with Gasteiger partial charge in [-0.3, -0.25) is 0 Å². The fraction of sp³-hybridized carbons (Fsp3) is 0.895. The zero-order valence-electron chi connectivity index (χ0n) is 13.2. The molecular weight excluding hydrogens is 228 g/mol. The molecule has 2 rings (SSSR count). The van der Waals surface area contributed by atoms with Gasteiger partial charge in [0.25, 0.3) is 0 Å². The van der Waals surface area contributed by atoms with Crippen LogP contribution in [0.1, 0.15) is 84.5 Å². The highest BCUT2D eigenvalue weighted by molar-refractivity contribution is 4.92. The van der Waals surface area contributed by atoms with Crippen LogP contribution in [0.15, 0.2) is 12.2 Å². The number of rotatable bonds is 5. The van der Waals surface area contributed by atoms with Crippen LogP contribution in [0, 0.1) is 23.7 Å². The molecule has 0 aromatic rings. The predicted octanol–water partition coefficient (Wildman–Crippen LogP) is 6.37. The van der Waals surface area contributed by atoms with Gasteiger partial charge < -0.3 is 0 Å². The Bertz CT molecular complexity index is 249. The van der Waals surface area contributed by atoms with E-state index in [1.165, 1.54) is 70.6 Å². The Hall–Kier alpha value is -0.260. The monoisotopic (exact) mass is 262 g/mol. The molecule has 0 aromatic carbocycles. The Morgan fingerprint density at radius 2 is 1.42 bits per heavy atom. The molecule has 0 unspecified atom stereocenters. The van der Waals surface area contributed by atoms with E-state index in [4.69, 9.17) is 0 Å². The van der Waals surface area contributed by atoms with Crippen LogP contribution >= 0.6 is 0 Å². The van der Waals surface area contributed by atoms with Crippen LogP contribution in [0.3, 0.4) is 0 Å². The first-order valence-corrected chi connectivity index (χ1v) is 8.96. The van der Waals surface area contributed by atoms with Crippen LogP contribution in [0.4, 0.5) is 0 Å². The van der Waals surface area contributed by atoms with E-state index in [1.54, 1.807) is 0 Å². The van der Waals surface area contributed by atoms with E-state index in [-0.39, 0.29) is 0 Å². The van der Waals surface area contributed by atoms with Crippen LogP contribution in [0.2, 0.25) is 0 Å². The Morgan fingerprint density at radius 1 is 0.842 bits per heavy atom. The molecule has 0 aromatic heterocycles. The molecule has 0 amide bonds. The van der Waals surface area contributed by atoms with Gasteiger partial charge in [0.15, 0.2) is 0 Å². The normalized spacial score (nSPS) is 36.7. The molecule has 0 heterocycles. The van der Waals surface area contributed by atoms with Crippen molar-refractivity contribution in [2.45, 2.75) is 84.5 Å². The maximum atomic E-state index is 2.54. The SMILES string of the molecule is CCCC/C=C/C1CCC(C2CCC(C)CC2)CC1. The average Bonchev–Trinajstić information content (AvgIpc) is 2.45. The number of hydrogen-bond donors (Lipinski definition) is 0. The summed E-state index contributed by atoms with van der Waals surface area (Å²) in [5.74, 6) is 4.08. The Kier molecular flexibility index (Phi) is 6.47. The van der Waals surface area contributed by atoms with Crippen LogP contribution in [0.25, 0.3) is 0 Å². The van der Waals surface area contributed by atoms with Gasteiger partial charge in [-0.2, -0.15) is 0 Å². The van der Waals surface area contributed by atoms with Crippen molar-refractivity contribution in [1.29, 1.82) is 0 Å². The van der Waals surface area contributed by atoms with E-state index in [0.29, 0.717) is 0 Å². The van der Waals surface area contributed by atoms with Crippen LogP contribution in [-0.2, 0) is 0 Å². The molecule has 0 heteroatoms. The van der Waals surface area contributed by atoms with E-state index in [9.17, 15) is 0 Å². The Balaban J connectivity index is 1.66. The first kappa shape index (κ1) is 15.1. The molecule has 0 atom stereocenters. The zero-order valence-corrected chi connectivity index (χ0v) is 13.2. The predicted molar refractivity (Wildman–Crippen MR) is 85.2 cm³/mol. The minimum absolute atomic E-state index is 0.913. The molecule has 2 saturated carbocycles. The largest absolute Gasteiger partial charge is 0.0883 e. The third kappa shape index (κ3) is 4.97. The number of hydrogen-bond acceptors (Lipinski definition) is 0. The summed E-state index contributed by atoms with van der Waals surface area (Å²) in [5, 5.41) is 0. The van der Waals surface area contributed by atoms with E-state index in [0.717, 1.165) is 23.7 Å². The van der Waals surface area contributed by atoms with Gasteiger partial charge in [0, 0.05) is 0 Å². The Morgan fingerprint density at radius 3 is 2.00 bits per heavy atom. The minimum atomic E-state index is 0.913. The number of unbranched alkanes of at least 4 members (excludes halogenated alkanes) is 2. The van der Waals surface area contributed by atoms with Crippen molar-refractivity contribution in [3.63, 3.8) is 0 Å². The quantitative estimate of drug-likeness (QED) is 0.399. The average molecular weight is 262 g/mol. The highest BCUT2D eigenvalue weighted by Gasteiger charge is 2.29. The van der Waals surface area contributed by atoms with Crippen molar-refractivity contribution in [2.75, 3.05) is 0 Å². The molecule has 19 heavy (non-hydrogen) atoms. The number of allylic oxidation sites excluding steroid dienone is 2. The Labute approximate surface area is 121 Å². The van der Waals surface area contributed by atoms with Gasteiger partial charge in [-0.05, 0) is 68.6 Å². The standard InChI is InChI=1S/C19H34/c1-3-4-5-6-7-17-10-14-19(15-11-17)18-12-8-16(2)9-13-18/h6-7,16-19H,3-5,8-15H2,1-2H3/b7-6+. The van der Waals surface area contributed by atoms with Gasteiger partial charge in [0.05, 0.1) is 0 Å². The molecule has 0 spiro atoms. The van der Waals surface area contributed by atoms with Crippen LogP contribution < -0.4 is 0 Å². The maximum Gasteiger partial charge on any atom is -0.0233 e. The van der Waals surface area contributed by atoms with E-state index in [2.05, 4.69) is 26.0 Å². The van der Waals surface area contributed by atoms with E-state index in [1.807, 2.05) is 0 Å². The molecule has 2 aliphatic rings. The molecular formula is C19H34. The molecule has 0 radical (unpaired) electrons. The van der Waals surface area contributed by atoms with Gasteiger partial charge in [-0.15, -0.1) is 0 Å². The first-order valence-electron chi connectivity index (χ1n) is 8.96. The van der Waals surface area contributed by atoms with E-state index >= 15 is 0 Å². The van der Waals surface area contributed by atoms with Gasteiger partial charge in [0.1, 0.15) is 0 Å². The third-order valence-electron chi connectivity index (χ3n) is 5.68. The molecule has 0 nitrogen and oxygen atoms in total. The molecule has 0 aliphatic heterocycles. The minimum Gasteiger partial charge on any atom is -0.0883 e. The zero-order chi connectivity index (χ0) is 13.5. The summed E-state index contributed by atoms with van der Waals surface area (Å²) in [6, 6.07) is 0. The van der Waals surface area contributed by atoms with Crippen molar-refractivity contribution >= 4 is 0 Å². The lowest BCUT2D eigenvalue weighted by molar-refractivity contribution is 0.160. The molecule has 0 bridgehead atoms. The second-order valence-corrected chi connectivity index (χ2v) is 7.27. The smallest absolute Gasteiger partial charge is 0.0233 e. The van der Waals surface area contributed by atoms with E-state index < -0.39 is 0 Å². The third-order valence-corrected chi connectivity index (χ3v) is 5.68. The van der Waals surface area contributed by atoms with Gasteiger partial charge >= 0.3 is 0 Å². The van der Waals surface area contributed by atoms with Gasteiger partial charge in [0.2, 0.25) is 0 Å². The first-order chi connectivity index (χ1) is 9.29. The van der Waals surface area contributed by atoms with Crippen molar-refractivity contribution in [3.05, 3.63) is 12.2 Å². The summed E-state index contributed by atoms with van der Waals surface area (Å²) in [6.07, 6.45) is 21.0. The maximum absolute atomic E-state index is 2.54.